The smallest absolute Gasteiger partial charge is 0.338 e. The number of pyridine rings is 1. The van der Waals surface area contributed by atoms with Gasteiger partial charge in [-0.2, -0.15) is 0 Å². The van der Waals surface area contributed by atoms with Crippen LogP contribution in [0.4, 0.5) is 0 Å². The van der Waals surface area contributed by atoms with Crippen LogP contribution in [0.2, 0.25) is 0 Å². The van der Waals surface area contributed by atoms with Crippen molar-refractivity contribution >= 4 is 5.97 Å². The zero-order chi connectivity index (χ0) is 10.2. The van der Waals surface area contributed by atoms with Gasteiger partial charge in [0, 0.05) is 19.0 Å². The van der Waals surface area contributed by atoms with E-state index >= 15 is 0 Å². The highest BCUT2D eigenvalue weighted by molar-refractivity contribution is 5.89. The zero-order valence-corrected chi connectivity index (χ0v) is 8.10. The standard InChI is InChI=1S/C10H13NO3/c1-2-13-7-8-14-10(12)9-3-5-11-6-4-9/h3-6H,2,7-8H2,1H3. The van der Waals surface area contributed by atoms with Crippen molar-refractivity contribution in [2.75, 3.05) is 19.8 Å². The van der Waals surface area contributed by atoms with Crippen LogP contribution in [0.3, 0.4) is 0 Å². The van der Waals surface area contributed by atoms with E-state index in [1.807, 2.05) is 6.92 Å². The summed E-state index contributed by atoms with van der Waals surface area (Å²) in [5, 5.41) is 0. The Labute approximate surface area is 82.9 Å². The molecule has 1 heterocycles. The minimum Gasteiger partial charge on any atom is -0.460 e. The third-order valence-electron chi connectivity index (χ3n) is 1.58. The molecule has 0 saturated heterocycles. The number of hydrogen-bond acceptors (Lipinski definition) is 4. The molecule has 0 unspecified atom stereocenters. The van der Waals surface area contributed by atoms with E-state index in [0.29, 0.717) is 18.8 Å². The van der Waals surface area contributed by atoms with Crippen molar-refractivity contribution in [2.45, 2.75) is 6.92 Å². The number of esters is 1. The summed E-state index contributed by atoms with van der Waals surface area (Å²) in [7, 11) is 0. The Morgan fingerprint density at radius 3 is 2.71 bits per heavy atom. The summed E-state index contributed by atoms with van der Waals surface area (Å²) in [6.07, 6.45) is 3.11. The number of hydrogen-bond donors (Lipinski definition) is 0. The molecule has 0 aliphatic carbocycles. The number of carbonyl (C=O) groups excluding carboxylic acids is 1. The minimum absolute atomic E-state index is 0.287. The minimum atomic E-state index is -0.341. The van der Waals surface area contributed by atoms with Gasteiger partial charge in [-0.05, 0) is 19.1 Å². The molecule has 0 aliphatic rings. The quantitative estimate of drug-likeness (QED) is 0.524. The van der Waals surface area contributed by atoms with E-state index in [9.17, 15) is 4.79 Å². The number of carbonyl (C=O) groups is 1. The van der Waals surface area contributed by atoms with Crippen molar-refractivity contribution in [3.63, 3.8) is 0 Å². The van der Waals surface area contributed by atoms with E-state index in [1.54, 1.807) is 24.5 Å². The van der Waals surface area contributed by atoms with E-state index in [4.69, 9.17) is 9.47 Å². The fourth-order valence-corrected chi connectivity index (χ4v) is 0.909. The summed E-state index contributed by atoms with van der Waals surface area (Å²) in [6, 6.07) is 3.23. The van der Waals surface area contributed by atoms with Crippen LogP contribution in [-0.2, 0) is 9.47 Å². The Morgan fingerprint density at radius 2 is 2.07 bits per heavy atom. The van der Waals surface area contributed by atoms with Gasteiger partial charge >= 0.3 is 5.97 Å². The molecule has 4 nitrogen and oxygen atoms in total. The molecular formula is C10H13NO3. The Bertz CT molecular complexity index is 274. The van der Waals surface area contributed by atoms with E-state index in [2.05, 4.69) is 4.98 Å². The second-order valence-corrected chi connectivity index (χ2v) is 2.57. The van der Waals surface area contributed by atoms with Crippen LogP contribution in [0.1, 0.15) is 17.3 Å². The predicted octanol–water partition coefficient (Wildman–Crippen LogP) is 1.27. The Morgan fingerprint density at radius 1 is 1.36 bits per heavy atom. The molecule has 1 aromatic rings. The first-order valence-corrected chi connectivity index (χ1v) is 4.49. The van der Waals surface area contributed by atoms with Crippen molar-refractivity contribution < 1.29 is 14.3 Å². The average Bonchev–Trinajstić information content (AvgIpc) is 2.25. The SMILES string of the molecule is CCOCCOC(=O)c1ccncc1. The lowest BCUT2D eigenvalue weighted by Gasteiger charge is -2.03. The lowest BCUT2D eigenvalue weighted by molar-refractivity contribution is 0.0335. The summed E-state index contributed by atoms with van der Waals surface area (Å²) in [5.41, 5.74) is 0.511. The molecule has 4 heteroatoms. The molecule has 0 atom stereocenters. The number of nitrogens with zero attached hydrogens (tertiary/aromatic N) is 1. The Balaban J connectivity index is 2.29. The highest BCUT2D eigenvalue weighted by atomic mass is 16.6. The van der Waals surface area contributed by atoms with E-state index in [-0.39, 0.29) is 12.6 Å². The van der Waals surface area contributed by atoms with Crippen LogP contribution in [0, 0.1) is 0 Å². The van der Waals surface area contributed by atoms with Gasteiger partial charge in [-0.1, -0.05) is 0 Å². The van der Waals surface area contributed by atoms with Crippen LogP contribution in [0.15, 0.2) is 24.5 Å². The monoisotopic (exact) mass is 195 g/mol. The largest absolute Gasteiger partial charge is 0.460 e. The molecule has 0 N–H and O–H groups in total. The molecule has 0 aliphatic heterocycles. The zero-order valence-electron chi connectivity index (χ0n) is 8.10. The second-order valence-electron chi connectivity index (χ2n) is 2.57. The lowest BCUT2D eigenvalue weighted by Crippen LogP contribution is -2.10. The van der Waals surface area contributed by atoms with Crippen molar-refractivity contribution in [2.24, 2.45) is 0 Å². The van der Waals surface area contributed by atoms with Gasteiger partial charge in [-0.15, -0.1) is 0 Å². The van der Waals surface area contributed by atoms with Crippen LogP contribution >= 0.6 is 0 Å². The first-order valence-electron chi connectivity index (χ1n) is 4.49. The van der Waals surface area contributed by atoms with Gasteiger partial charge < -0.3 is 9.47 Å². The fraction of sp³-hybridized carbons (Fsp3) is 0.400. The van der Waals surface area contributed by atoms with Crippen LogP contribution in [0.25, 0.3) is 0 Å². The van der Waals surface area contributed by atoms with Gasteiger partial charge in [0.15, 0.2) is 0 Å². The van der Waals surface area contributed by atoms with Gasteiger partial charge in [0.1, 0.15) is 6.61 Å². The normalized spacial score (nSPS) is 9.79. The molecule has 1 aromatic heterocycles. The lowest BCUT2D eigenvalue weighted by atomic mass is 10.3. The third kappa shape index (κ3) is 3.53. The molecule has 0 radical (unpaired) electrons. The van der Waals surface area contributed by atoms with Gasteiger partial charge in [0.25, 0.3) is 0 Å². The van der Waals surface area contributed by atoms with Crippen molar-refractivity contribution in [1.29, 1.82) is 0 Å². The maximum atomic E-state index is 11.3. The average molecular weight is 195 g/mol. The first kappa shape index (κ1) is 10.7. The van der Waals surface area contributed by atoms with Gasteiger partial charge in [0.05, 0.1) is 12.2 Å². The molecule has 0 spiro atoms. The summed E-state index contributed by atoms with van der Waals surface area (Å²) in [5.74, 6) is -0.341. The summed E-state index contributed by atoms with van der Waals surface area (Å²) < 4.78 is 9.97. The Hall–Kier alpha value is -1.42. The van der Waals surface area contributed by atoms with E-state index < -0.39 is 0 Å². The highest BCUT2D eigenvalue weighted by Gasteiger charge is 2.04. The van der Waals surface area contributed by atoms with Gasteiger partial charge in [-0.25, -0.2) is 4.79 Å². The molecule has 0 aromatic carbocycles. The molecule has 0 amide bonds. The summed E-state index contributed by atoms with van der Waals surface area (Å²) >= 11 is 0. The van der Waals surface area contributed by atoms with Crippen molar-refractivity contribution in [3.05, 3.63) is 30.1 Å². The summed E-state index contributed by atoms with van der Waals surface area (Å²) in [4.78, 5) is 15.1. The first-order chi connectivity index (χ1) is 6.84. The van der Waals surface area contributed by atoms with Gasteiger partial charge in [-0.3, -0.25) is 4.98 Å². The topological polar surface area (TPSA) is 48.4 Å². The molecule has 76 valence electrons. The van der Waals surface area contributed by atoms with Gasteiger partial charge in [0.2, 0.25) is 0 Å². The number of aromatic nitrogens is 1. The van der Waals surface area contributed by atoms with Crippen LogP contribution in [0.5, 0.6) is 0 Å². The van der Waals surface area contributed by atoms with Crippen LogP contribution in [-0.4, -0.2) is 30.8 Å². The Kier molecular flexibility index (Phi) is 4.64. The summed E-state index contributed by atoms with van der Waals surface area (Å²) in [6.45, 7) is 3.25. The van der Waals surface area contributed by atoms with E-state index in [0.717, 1.165) is 0 Å². The second kappa shape index (κ2) is 6.10. The molecule has 1 rings (SSSR count). The predicted molar refractivity (Wildman–Crippen MR) is 51.0 cm³/mol. The number of ether oxygens (including phenoxy) is 2. The molecule has 0 saturated carbocycles. The molecule has 0 fully saturated rings. The fourth-order valence-electron chi connectivity index (χ4n) is 0.909. The maximum absolute atomic E-state index is 11.3. The maximum Gasteiger partial charge on any atom is 0.338 e. The van der Waals surface area contributed by atoms with Crippen molar-refractivity contribution in [3.8, 4) is 0 Å². The van der Waals surface area contributed by atoms with Crippen molar-refractivity contribution in [1.82, 2.24) is 4.98 Å². The highest BCUT2D eigenvalue weighted by Crippen LogP contribution is 1.98. The van der Waals surface area contributed by atoms with Crippen LogP contribution < -0.4 is 0 Å². The van der Waals surface area contributed by atoms with E-state index in [1.165, 1.54) is 0 Å². The molecule has 0 bridgehead atoms. The molecular weight excluding hydrogens is 182 g/mol. The number of rotatable bonds is 5. The molecule has 14 heavy (non-hydrogen) atoms. The third-order valence-corrected chi connectivity index (χ3v) is 1.58.